The zero-order chi connectivity index (χ0) is 18.6. The lowest BCUT2D eigenvalue weighted by Gasteiger charge is -2.24. The van der Waals surface area contributed by atoms with Gasteiger partial charge in [0.15, 0.2) is 5.03 Å². The first kappa shape index (κ1) is 18.6. The largest absolute Gasteiger partial charge is 0.379 e. The summed E-state index contributed by atoms with van der Waals surface area (Å²) in [6.45, 7) is 3.42. The van der Waals surface area contributed by atoms with E-state index in [9.17, 15) is 13.2 Å². The molecule has 1 N–H and O–H groups in total. The van der Waals surface area contributed by atoms with Crippen molar-refractivity contribution in [1.29, 1.82) is 0 Å². The highest BCUT2D eigenvalue weighted by Gasteiger charge is 2.28. The number of sulfonamides is 1. The van der Waals surface area contributed by atoms with Gasteiger partial charge in [0.05, 0.1) is 19.5 Å². The Kier molecular flexibility index (Phi) is 5.70. The van der Waals surface area contributed by atoms with Gasteiger partial charge in [-0.2, -0.15) is 4.31 Å². The second-order valence-corrected chi connectivity index (χ2v) is 7.88. The number of anilines is 1. The van der Waals surface area contributed by atoms with E-state index in [-0.39, 0.29) is 17.5 Å². The Morgan fingerprint density at radius 2 is 1.92 bits per heavy atom. The number of nitrogens with zero attached hydrogens (tertiary/aromatic N) is 3. The van der Waals surface area contributed by atoms with Crippen LogP contribution in [0.3, 0.4) is 0 Å². The van der Waals surface area contributed by atoms with Crippen LogP contribution >= 0.6 is 0 Å². The van der Waals surface area contributed by atoms with Crippen LogP contribution in [0.2, 0.25) is 0 Å². The number of aromatic nitrogens is 2. The van der Waals surface area contributed by atoms with Crippen molar-refractivity contribution in [2.24, 2.45) is 0 Å². The van der Waals surface area contributed by atoms with E-state index in [1.54, 1.807) is 0 Å². The van der Waals surface area contributed by atoms with Gasteiger partial charge in [0.25, 0.3) is 10.0 Å². The molecule has 1 aliphatic rings. The molecule has 0 aliphatic carbocycles. The Hall–Kier alpha value is -2.23. The number of carbonyl (C=O) groups excluding carboxylic acids is 1. The van der Waals surface area contributed by atoms with Gasteiger partial charge in [-0.25, -0.2) is 13.4 Å². The van der Waals surface area contributed by atoms with Crippen LogP contribution in [-0.4, -0.2) is 54.5 Å². The van der Waals surface area contributed by atoms with E-state index < -0.39 is 10.0 Å². The maximum Gasteiger partial charge on any atom is 0.262 e. The fourth-order valence-electron chi connectivity index (χ4n) is 2.67. The van der Waals surface area contributed by atoms with Crippen LogP contribution in [0.25, 0.3) is 0 Å². The lowest BCUT2D eigenvalue weighted by Crippen LogP contribution is -2.40. The Balaban J connectivity index is 1.62. The van der Waals surface area contributed by atoms with E-state index in [4.69, 9.17) is 4.74 Å². The Morgan fingerprint density at radius 1 is 1.23 bits per heavy atom. The summed E-state index contributed by atoms with van der Waals surface area (Å²) in [4.78, 5) is 16.1. The van der Waals surface area contributed by atoms with Crippen LogP contribution in [0.15, 0.2) is 41.8 Å². The number of ether oxygens (including phenoxy) is 1. The van der Waals surface area contributed by atoms with Crippen molar-refractivity contribution in [1.82, 2.24) is 13.9 Å². The normalized spacial score (nSPS) is 15.7. The van der Waals surface area contributed by atoms with Gasteiger partial charge in [-0.3, -0.25) is 4.79 Å². The molecule has 26 heavy (non-hydrogen) atoms. The first-order chi connectivity index (χ1) is 12.5. The van der Waals surface area contributed by atoms with Crippen molar-refractivity contribution in [3.63, 3.8) is 0 Å². The number of amides is 1. The van der Waals surface area contributed by atoms with Crippen LogP contribution in [-0.2, 0) is 32.5 Å². The van der Waals surface area contributed by atoms with Crippen molar-refractivity contribution in [2.45, 2.75) is 24.9 Å². The summed E-state index contributed by atoms with van der Waals surface area (Å²) in [7, 11) is -3.65. The second-order valence-electron chi connectivity index (χ2n) is 6.00. The maximum absolute atomic E-state index is 12.5. The minimum atomic E-state index is -3.65. The molecule has 0 radical (unpaired) electrons. The van der Waals surface area contributed by atoms with E-state index in [0.717, 1.165) is 6.42 Å². The summed E-state index contributed by atoms with van der Waals surface area (Å²) in [6, 6.07) is 7.61. The molecule has 8 nitrogen and oxygen atoms in total. The molecule has 0 atom stereocenters. The number of aryl methyl sites for hydroxylation is 1. The van der Waals surface area contributed by atoms with Crippen LogP contribution in [0.5, 0.6) is 0 Å². The Morgan fingerprint density at radius 3 is 2.58 bits per heavy atom. The van der Waals surface area contributed by atoms with E-state index in [1.165, 1.54) is 27.0 Å². The number of morpholine rings is 1. The van der Waals surface area contributed by atoms with E-state index in [2.05, 4.69) is 17.2 Å². The molecule has 2 aromatic rings. The van der Waals surface area contributed by atoms with Crippen LogP contribution < -0.4 is 5.32 Å². The average molecular weight is 378 g/mol. The molecule has 3 rings (SSSR count). The van der Waals surface area contributed by atoms with Gasteiger partial charge < -0.3 is 14.6 Å². The molecular weight excluding hydrogens is 356 g/mol. The van der Waals surface area contributed by atoms with Crippen molar-refractivity contribution < 1.29 is 17.9 Å². The molecular formula is C17H22N4O4S. The minimum absolute atomic E-state index is 0.0127. The number of carbonyl (C=O) groups is 1. The number of imidazole rings is 1. The Bertz CT molecular complexity index is 855. The topological polar surface area (TPSA) is 93.5 Å². The summed E-state index contributed by atoms with van der Waals surface area (Å²) in [6.07, 6.45) is 3.67. The van der Waals surface area contributed by atoms with Crippen molar-refractivity contribution in [3.8, 4) is 0 Å². The van der Waals surface area contributed by atoms with Crippen molar-refractivity contribution in [2.75, 3.05) is 31.6 Å². The highest BCUT2D eigenvalue weighted by Crippen LogP contribution is 2.15. The van der Waals surface area contributed by atoms with Crippen molar-refractivity contribution in [3.05, 3.63) is 42.4 Å². The van der Waals surface area contributed by atoms with Gasteiger partial charge in [-0.05, 0) is 24.1 Å². The molecule has 1 aliphatic heterocycles. The van der Waals surface area contributed by atoms with Gasteiger partial charge in [-0.1, -0.05) is 19.1 Å². The average Bonchev–Trinajstić information content (AvgIpc) is 3.12. The molecule has 1 aromatic carbocycles. The lowest BCUT2D eigenvalue weighted by atomic mass is 10.1. The summed E-state index contributed by atoms with van der Waals surface area (Å²) in [5.74, 6) is -0.248. The number of benzene rings is 1. The molecule has 1 fully saturated rings. The quantitative estimate of drug-likeness (QED) is 0.813. The predicted octanol–water partition coefficient (Wildman–Crippen LogP) is 1.11. The van der Waals surface area contributed by atoms with Gasteiger partial charge in [0.2, 0.25) is 5.91 Å². The first-order valence-electron chi connectivity index (χ1n) is 8.47. The number of nitrogens with one attached hydrogen (secondary N) is 1. The molecule has 0 unspecified atom stereocenters. The van der Waals surface area contributed by atoms with Gasteiger partial charge in [-0.15, -0.1) is 0 Å². The highest BCUT2D eigenvalue weighted by atomic mass is 32.2. The van der Waals surface area contributed by atoms with Gasteiger partial charge in [0.1, 0.15) is 6.54 Å². The molecule has 1 saturated heterocycles. The zero-order valence-corrected chi connectivity index (χ0v) is 15.4. The predicted molar refractivity (Wildman–Crippen MR) is 96.3 cm³/mol. The third-order valence-electron chi connectivity index (χ3n) is 4.16. The van der Waals surface area contributed by atoms with Crippen LogP contribution in [0.4, 0.5) is 5.69 Å². The molecule has 0 spiro atoms. The van der Waals surface area contributed by atoms with Crippen LogP contribution in [0.1, 0.15) is 12.5 Å². The van der Waals surface area contributed by atoms with Crippen molar-refractivity contribution >= 4 is 21.6 Å². The lowest BCUT2D eigenvalue weighted by molar-refractivity contribution is -0.116. The fourth-order valence-corrected chi connectivity index (χ4v) is 4.01. The summed E-state index contributed by atoms with van der Waals surface area (Å²) >= 11 is 0. The van der Waals surface area contributed by atoms with Gasteiger partial charge >= 0.3 is 0 Å². The fraction of sp³-hybridized carbons (Fsp3) is 0.412. The third kappa shape index (κ3) is 4.29. The van der Waals surface area contributed by atoms with E-state index >= 15 is 0 Å². The molecule has 1 aromatic heterocycles. The molecule has 9 heteroatoms. The monoisotopic (exact) mass is 378 g/mol. The number of hydrogen-bond acceptors (Lipinski definition) is 5. The molecule has 0 bridgehead atoms. The molecule has 0 saturated carbocycles. The third-order valence-corrected chi connectivity index (χ3v) is 5.94. The minimum Gasteiger partial charge on any atom is -0.379 e. The molecule has 140 valence electrons. The summed E-state index contributed by atoms with van der Waals surface area (Å²) < 4.78 is 33.0. The van der Waals surface area contributed by atoms with Gasteiger partial charge in [0, 0.05) is 25.0 Å². The molecule has 2 heterocycles. The highest BCUT2D eigenvalue weighted by molar-refractivity contribution is 7.89. The Labute approximate surface area is 152 Å². The number of hydrogen-bond donors (Lipinski definition) is 1. The summed E-state index contributed by atoms with van der Waals surface area (Å²) in [5.41, 5.74) is 1.89. The maximum atomic E-state index is 12.5. The van der Waals surface area contributed by atoms with E-state index in [0.29, 0.717) is 32.0 Å². The standard InChI is InChI=1S/C17H22N4O4S/c1-2-14-3-5-15(6-4-14)19-16(22)11-20-12-17(18-13-20)26(23,24)21-7-9-25-10-8-21/h3-6,12-13H,2,7-11H2,1H3,(H,19,22). The summed E-state index contributed by atoms with van der Waals surface area (Å²) in [5, 5.41) is 2.73. The van der Waals surface area contributed by atoms with E-state index in [1.807, 2.05) is 24.3 Å². The SMILES string of the molecule is CCc1ccc(NC(=O)Cn2cnc(S(=O)(=O)N3CCOCC3)c2)cc1. The second kappa shape index (κ2) is 7.98. The first-order valence-corrected chi connectivity index (χ1v) is 9.91. The molecule has 1 amide bonds. The number of rotatable bonds is 6. The van der Waals surface area contributed by atoms with Crippen LogP contribution in [0, 0.1) is 0 Å². The smallest absolute Gasteiger partial charge is 0.262 e. The zero-order valence-electron chi connectivity index (χ0n) is 14.6.